The van der Waals surface area contributed by atoms with Crippen molar-refractivity contribution in [3.8, 4) is 5.75 Å². The number of nitrogens with one attached hydrogen (secondary N) is 3. The van der Waals surface area contributed by atoms with E-state index in [1.165, 1.54) is 5.56 Å². The Bertz CT molecular complexity index is 2260. The Morgan fingerprint density at radius 3 is 1.59 bits per heavy atom. The van der Waals surface area contributed by atoms with Crippen LogP contribution in [0.25, 0.3) is 0 Å². The normalized spacial score (nSPS) is 12.8. The lowest BCUT2D eigenvalue weighted by Crippen LogP contribution is -2.40. The fourth-order valence-electron chi connectivity index (χ4n) is 7.13. The van der Waals surface area contributed by atoms with Crippen LogP contribution in [0.4, 0.5) is 11.6 Å². The number of phenolic OH excluding ortho intramolecular Hbond substituents is 1. The molecule has 5 aromatic rings. The first kappa shape index (κ1) is 50.2. The van der Waals surface area contributed by atoms with Crippen molar-refractivity contribution in [2.24, 2.45) is 17.6 Å². The monoisotopic (exact) mass is 871 g/mol. The maximum absolute atomic E-state index is 13.3. The number of benzene rings is 3. The van der Waals surface area contributed by atoms with Crippen molar-refractivity contribution in [2.45, 2.75) is 104 Å². The third kappa shape index (κ3) is 17.7. The van der Waals surface area contributed by atoms with Crippen LogP contribution in [0, 0.1) is 25.7 Å². The molecule has 0 spiro atoms. The zero-order chi connectivity index (χ0) is 46.4. The minimum Gasteiger partial charge on any atom is -0.508 e. The van der Waals surface area contributed by atoms with Crippen LogP contribution in [-0.4, -0.2) is 57.1 Å². The van der Waals surface area contributed by atoms with Crippen molar-refractivity contribution in [3.05, 3.63) is 148 Å². The first-order valence-electron chi connectivity index (χ1n) is 22.1. The van der Waals surface area contributed by atoms with Crippen LogP contribution in [0.5, 0.6) is 5.75 Å². The molecule has 0 saturated heterocycles. The van der Waals surface area contributed by atoms with Gasteiger partial charge in [-0.05, 0) is 111 Å². The van der Waals surface area contributed by atoms with Gasteiger partial charge in [0.15, 0.2) is 5.78 Å². The third-order valence-corrected chi connectivity index (χ3v) is 11.1. The summed E-state index contributed by atoms with van der Waals surface area (Å²) in [5, 5.41) is 18.9. The summed E-state index contributed by atoms with van der Waals surface area (Å²) in [5.41, 5.74) is 24.1. The van der Waals surface area contributed by atoms with E-state index in [1.807, 2.05) is 86.6 Å². The van der Waals surface area contributed by atoms with Gasteiger partial charge in [0, 0.05) is 49.2 Å². The van der Waals surface area contributed by atoms with Gasteiger partial charge in [-0.15, -0.1) is 0 Å². The molecule has 13 heteroatoms. The molecule has 0 radical (unpaired) electrons. The number of nitrogen functional groups attached to an aromatic ring is 2. The summed E-state index contributed by atoms with van der Waals surface area (Å²) < 4.78 is 0. The standard InChI is InChI=1S/C30H38N4O3.C21H28N4O2/c1-21(30(37)33-20-25-14-16-29(31)34-22(25)2)18-28(36)27(15-13-23-8-4-3-5-9-23)32-17-7-11-24-10-6-12-26(35)19-24;1-14(21(27)24-13-17-9-11-20(23)25-15(17)2)12-19(26)18(22)10-8-16-6-4-3-5-7-16/h3-6,8-10,12,14,16,19,21,27,32,35H,7,11,13,15,17-18,20H2,1-2H3,(H2,31,34)(H,33,37);3-7,9,11,14,18H,8,10,12-13,22H2,1-2H3,(H2,23,25)(H,24,27)/t21-,27-;14-,18-/m11/s1. The van der Waals surface area contributed by atoms with E-state index in [0.29, 0.717) is 44.1 Å². The van der Waals surface area contributed by atoms with E-state index in [1.54, 1.807) is 38.1 Å². The molecule has 0 fully saturated rings. The first-order chi connectivity index (χ1) is 30.7. The van der Waals surface area contributed by atoms with Gasteiger partial charge >= 0.3 is 0 Å². The van der Waals surface area contributed by atoms with E-state index >= 15 is 0 Å². The SMILES string of the molecule is Cc1nc(N)ccc1CNC(=O)[C@H](C)CC(=O)[C@@H](CCc1ccccc1)NCCCc1cccc(O)c1.Cc1nc(N)ccc1CNC(=O)[C@H](C)CC(=O)[C@H](N)CCc1ccccc1. The molecule has 4 atom stereocenters. The summed E-state index contributed by atoms with van der Waals surface area (Å²) in [6.45, 7) is 8.61. The van der Waals surface area contributed by atoms with E-state index in [-0.39, 0.29) is 48.0 Å². The minimum absolute atomic E-state index is 0.0428. The zero-order valence-corrected chi connectivity index (χ0v) is 37.7. The molecule has 3 aromatic carbocycles. The molecule has 0 saturated carbocycles. The number of hydrogen-bond acceptors (Lipinski definition) is 11. The predicted molar refractivity (Wildman–Crippen MR) is 254 cm³/mol. The number of aromatic nitrogens is 2. The van der Waals surface area contributed by atoms with Gasteiger partial charge in [-0.2, -0.15) is 0 Å². The molecule has 2 heterocycles. The first-order valence-corrected chi connectivity index (χ1v) is 22.1. The highest BCUT2D eigenvalue weighted by atomic mass is 16.3. The van der Waals surface area contributed by atoms with Crippen molar-refractivity contribution in [3.63, 3.8) is 0 Å². The van der Waals surface area contributed by atoms with Crippen molar-refractivity contribution < 1.29 is 24.3 Å². The van der Waals surface area contributed by atoms with Crippen molar-refractivity contribution in [1.82, 2.24) is 25.9 Å². The zero-order valence-electron chi connectivity index (χ0n) is 37.7. The number of ketones is 2. The highest BCUT2D eigenvalue weighted by molar-refractivity contribution is 5.90. The molecule has 64 heavy (non-hydrogen) atoms. The molecular formula is C51H66N8O5. The van der Waals surface area contributed by atoms with Gasteiger partial charge in [-0.1, -0.05) is 98.8 Å². The number of carbonyl (C=O) groups is 4. The Balaban J connectivity index is 0.000000295. The molecule has 2 aromatic heterocycles. The van der Waals surface area contributed by atoms with Gasteiger partial charge in [0.1, 0.15) is 23.2 Å². The number of nitrogens with zero attached hydrogens (tertiary/aromatic N) is 2. The molecule has 0 unspecified atom stereocenters. The molecule has 13 nitrogen and oxygen atoms in total. The van der Waals surface area contributed by atoms with E-state index in [9.17, 15) is 24.3 Å². The van der Waals surface area contributed by atoms with E-state index < -0.39 is 17.9 Å². The van der Waals surface area contributed by atoms with Gasteiger partial charge in [0.25, 0.3) is 0 Å². The molecule has 340 valence electrons. The lowest BCUT2D eigenvalue weighted by molar-refractivity contribution is -0.129. The minimum atomic E-state index is -0.552. The topological polar surface area (TPSA) is 228 Å². The largest absolute Gasteiger partial charge is 0.508 e. The fraction of sp³-hybridized carbons (Fsp3) is 0.373. The summed E-state index contributed by atoms with van der Waals surface area (Å²) in [6.07, 6.45) is 4.72. The molecule has 0 aliphatic heterocycles. The molecule has 0 bridgehead atoms. The number of carbonyl (C=O) groups excluding carboxylic acids is 4. The summed E-state index contributed by atoms with van der Waals surface area (Å²) in [4.78, 5) is 59.0. The van der Waals surface area contributed by atoms with E-state index in [0.717, 1.165) is 59.3 Å². The highest BCUT2D eigenvalue weighted by Crippen LogP contribution is 2.16. The van der Waals surface area contributed by atoms with E-state index in [4.69, 9.17) is 17.2 Å². The van der Waals surface area contributed by atoms with Crippen molar-refractivity contribution in [2.75, 3.05) is 18.0 Å². The Labute approximate surface area is 378 Å². The number of amides is 2. The molecule has 5 rings (SSSR count). The number of phenols is 1. The number of rotatable bonds is 23. The maximum Gasteiger partial charge on any atom is 0.223 e. The van der Waals surface area contributed by atoms with Crippen LogP contribution in [-0.2, 0) is 51.5 Å². The third-order valence-electron chi connectivity index (χ3n) is 11.1. The Kier molecular flexibility index (Phi) is 20.6. The average molecular weight is 871 g/mol. The molecule has 10 N–H and O–H groups in total. The second-order valence-electron chi connectivity index (χ2n) is 16.5. The van der Waals surface area contributed by atoms with Crippen molar-refractivity contribution in [1.29, 1.82) is 0 Å². The Morgan fingerprint density at radius 2 is 1.09 bits per heavy atom. The predicted octanol–water partition coefficient (Wildman–Crippen LogP) is 6.26. The van der Waals surface area contributed by atoms with Crippen molar-refractivity contribution >= 4 is 35.0 Å². The van der Waals surface area contributed by atoms with Gasteiger partial charge < -0.3 is 38.3 Å². The lowest BCUT2D eigenvalue weighted by atomic mass is 9.95. The number of pyridine rings is 2. The Morgan fingerprint density at radius 1 is 0.609 bits per heavy atom. The van der Waals surface area contributed by atoms with Gasteiger partial charge in [-0.25, -0.2) is 9.97 Å². The number of hydrogen-bond donors (Lipinski definition) is 7. The quantitative estimate of drug-likeness (QED) is 0.0363. The number of aryl methyl sites for hydroxylation is 5. The van der Waals surface area contributed by atoms with Crippen LogP contribution < -0.4 is 33.2 Å². The number of nitrogens with two attached hydrogens (primary N) is 3. The maximum atomic E-state index is 13.3. The van der Waals surface area contributed by atoms with Crippen LogP contribution in [0.15, 0.2) is 109 Å². The fourth-order valence-corrected chi connectivity index (χ4v) is 7.13. The number of Topliss-reactive ketones (excluding diaryl/α,β-unsaturated/α-hetero) is 2. The summed E-state index contributed by atoms with van der Waals surface area (Å²) in [7, 11) is 0. The summed E-state index contributed by atoms with van der Waals surface area (Å²) in [6, 6.07) is 33.5. The Hall–Kier alpha value is -6.44. The van der Waals surface area contributed by atoms with Gasteiger partial charge in [-0.3, -0.25) is 19.2 Å². The van der Waals surface area contributed by atoms with Crippen LogP contribution >= 0.6 is 0 Å². The van der Waals surface area contributed by atoms with E-state index in [2.05, 4.69) is 38.1 Å². The van der Waals surface area contributed by atoms with Crippen LogP contribution in [0.1, 0.15) is 85.2 Å². The molecule has 0 aliphatic carbocycles. The second kappa shape index (κ2) is 26.2. The smallest absolute Gasteiger partial charge is 0.223 e. The number of anilines is 2. The van der Waals surface area contributed by atoms with Crippen LogP contribution in [0.2, 0.25) is 0 Å². The lowest BCUT2D eigenvalue weighted by Gasteiger charge is -2.20. The molecular weight excluding hydrogens is 805 g/mol. The summed E-state index contributed by atoms with van der Waals surface area (Å²) in [5.74, 6) is -0.0829. The van der Waals surface area contributed by atoms with Crippen LogP contribution in [0.3, 0.4) is 0 Å². The van der Waals surface area contributed by atoms with Gasteiger partial charge in [0.05, 0.1) is 12.1 Å². The molecule has 0 aliphatic rings. The highest BCUT2D eigenvalue weighted by Gasteiger charge is 2.24. The van der Waals surface area contributed by atoms with Gasteiger partial charge in [0.2, 0.25) is 11.8 Å². The number of aromatic hydroxyl groups is 1. The summed E-state index contributed by atoms with van der Waals surface area (Å²) >= 11 is 0. The second-order valence-corrected chi connectivity index (χ2v) is 16.5. The average Bonchev–Trinajstić information content (AvgIpc) is 3.28. The molecule has 2 amide bonds.